The fourth-order valence-electron chi connectivity index (χ4n) is 2.71. The van der Waals surface area contributed by atoms with E-state index in [4.69, 9.17) is 0 Å². The largest absolute Gasteiger partial charge is 0.435 e. The Morgan fingerprint density at radius 3 is 2.88 bits per heavy atom. The molecule has 0 aliphatic carbocycles. The summed E-state index contributed by atoms with van der Waals surface area (Å²) in [5.74, 6) is -1.36. The van der Waals surface area contributed by atoms with Crippen molar-refractivity contribution in [3.05, 3.63) is 35.8 Å². The molecule has 1 aliphatic heterocycles. The standard InChI is InChI=1S/C15H15F3N4O2/c16-15(17,18)12-11(22-8-4-2-6-10(22)21-12)14(24)20-9-5-1-3-7-19-13(9)23/h2,4,6,8-9H,1,3,5,7H2,(H,19,23)(H,20,24). The van der Waals surface area contributed by atoms with Crippen molar-refractivity contribution in [2.75, 3.05) is 6.54 Å². The highest BCUT2D eigenvalue weighted by Gasteiger charge is 2.40. The molecule has 2 aromatic rings. The Hall–Kier alpha value is -2.58. The van der Waals surface area contributed by atoms with Crippen LogP contribution in [0.1, 0.15) is 35.4 Å². The molecule has 3 heterocycles. The summed E-state index contributed by atoms with van der Waals surface area (Å²) in [5.41, 5.74) is -1.87. The highest BCUT2D eigenvalue weighted by atomic mass is 19.4. The van der Waals surface area contributed by atoms with Crippen LogP contribution in [-0.2, 0) is 11.0 Å². The lowest BCUT2D eigenvalue weighted by molar-refractivity contribution is -0.141. The first kappa shape index (κ1) is 16.3. The number of hydrogen-bond acceptors (Lipinski definition) is 3. The molecule has 24 heavy (non-hydrogen) atoms. The average Bonchev–Trinajstić information content (AvgIpc) is 2.82. The Kier molecular flexibility index (Phi) is 4.16. The molecule has 0 spiro atoms. The number of amides is 2. The zero-order valence-corrected chi connectivity index (χ0v) is 12.6. The van der Waals surface area contributed by atoms with Gasteiger partial charge in [-0.25, -0.2) is 4.98 Å². The zero-order chi connectivity index (χ0) is 17.3. The van der Waals surface area contributed by atoms with Gasteiger partial charge >= 0.3 is 6.18 Å². The second-order valence-electron chi connectivity index (χ2n) is 5.55. The van der Waals surface area contributed by atoms with Crippen LogP contribution in [0.4, 0.5) is 13.2 Å². The van der Waals surface area contributed by atoms with E-state index in [0.29, 0.717) is 19.4 Å². The molecule has 2 N–H and O–H groups in total. The van der Waals surface area contributed by atoms with E-state index in [1.54, 1.807) is 0 Å². The maximum atomic E-state index is 13.2. The summed E-state index contributed by atoms with van der Waals surface area (Å²) in [6.45, 7) is 0.495. The topological polar surface area (TPSA) is 75.5 Å². The molecule has 1 aliphatic rings. The minimum Gasteiger partial charge on any atom is -0.354 e. The number of rotatable bonds is 2. The zero-order valence-electron chi connectivity index (χ0n) is 12.6. The molecule has 0 bridgehead atoms. The third kappa shape index (κ3) is 3.06. The average molecular weight is 340 g/mol. The van der Waals surface area contributed by atoms with E-state index >= 15 is 0 Å². The quantitative estimate of drug-likeness (QED) is 0.875. The Balaban J connectivity index is 1.98. The van der Waals surface area contributed by atoms with Gasteiger partial charge in [0.2, 0.25) is 5.91 Å². The molecule has 0 aromatic carbocycles. The van der Waals surface area contributed by atoms with Crippen LogP contribution in [0.2, 0.25) is 0 Å². The molecule has 1 atom stereocenters. The molecule has 0 saturated carbocycles. The number of halogens is 3. The monoisotopic (exact) mass is 340 g/mol. The third-order valence-corrected chi connectivity index (χ3v) is 3.85. The summed E-state index contributed by atoms with van der Waals surface area (Å²) >= 11 is 0. The van der Waals surface area contributed by atoms with Gasteiger partial charge in [-0.05, 0) is 31.4 Å². The van der Waals surface area contributed by atoms with Crippen LogP contribution in [0.5, 0.6) is 0 Å². The summed E-state index contributed by atoms with van der Waals surface area (Å²) in [4.78, 5) is 27.9. The molecule has 2 amide bonds. The minimum atomic E-state index is -4.77. The smallest absolute Gasteiger partial charge is 0.354 e. The second kappa shape index (κ2) is 6.14. The summed E-state index contributed by atoms with van der Waals surface area (Å²) < 4.78 is 40.8. The van der Waals surface area contributed by atoms with E-state index < -0.39 is 29.5 Å². The highest BCUT2D eigenvalue weighted by molar-refractivity contribution is 5.98. The SMILES string of the molecule is O=C(NC1CCCCNC1=O)c1c(C(F)(F)F)nc2ccccn12. The lowest BCUT2D eigenvalue weighted by atomic mass is 10.1. The number of fused-ring (bicyclic) bond motifs is 1. The molecule has 2 aromatic heterocycles. The van der Waals surface area contributed by atoms with Crippen molar-refractivity contribution in [2.24, 2.45) is 0 Å². The summed E-state index contributed by atoms with van der Waals surface area (Å²) in [5, 5.41) is 5.03. The van der Waals surface area contributed by atoms with Gasteiger partial charge in [0.05, 0.1) is 0 Å². The normalized spacial score (nSPS) is 19.0. The van der Waals surface area contributed by atoms with Crippen LogP contribution >= 0.6 is 0 Å². The molecule has 1 fully saturated rings. The van der Waals surface area contributed by atoms with Crippen LogP contribution in [-0.4, -0.2) is 33.8 Å². The fourth-order valence-corrected chi connectivity index (χ4v) is 2.71. The van der Waals surface area contributed by atoms with Gasteiger partial charge in [0.1, 0.15) is 17.4 Å². The van der Waals surface area contributed by atoms with E-state index in [1.807, 2.05) is 0 Å². The van der Waals surface area contributed by atoms with Gasteiger partial charge in [0, 0.05) is 12.7 Å². The molecule has 128 valence electrons. The summed E-state index contributed by atoms with van der Waals surface area (Å²) in [7, 11) is 0. The summed E-state index contributed by atoms with van der Waals surface area (Å²) in [6, 6.07) is 3.56. The van der Waals surface area contributed by atoms with Gasteiger partial charge in [-0.1, -0.05) is 6.07 Å². The molecule has 3 rings (SSSR count). The van der Waals surface area contributed by atoms with Crippen molar-refractivity contribution < 1.29 is 22.8 Å². The van der Waals surface area contributed by atoms with Crippen LogP contribution < -0.4 is 10.6 Å². The summed E-state index contributed by atoms with van der Waals surface area (Å²) in [6.07, 6.45) is -1.59. The van der Waals surface area contributed by atoms with Crippen molar-refractivity contribution in [1.29, 1.82) is 0 Å². The van der Waals surface area contributed by atoms with Crippen LogP contribution in [0.25, 0.3) is 5.65 Å². The molecule has 9 heteroatoms. The molecular weight excluding hydrogens is 325 g/mol. The van der Waals surface area contributed by atoms with Gasteiger partial charge < -0.3 is 10.6 Å². The minimum absolute atomic E-state index is 0.0142. The number of alkyl halides is 3. The second-order valence-corrected chi connectivity index (χ2v) is 5.55. The molecule has 1 saturated heterocycles. The molecule has 1 unspecified atom stereocenters. The van der Waals surface area contributed by atoms with E-state index in [9.17, 15) is 22.8 Å². The van der Waals surface area contributed by atoms with Gasteiger partial charge in [-0.2, -0.15) is 13.2 Å². The van der Waals surface area contributed by atoms with Gasteiger partial charge in [0.25, 0.3) is 5.91 Å². The van der Waals surface area contributed by atoms with Crippen LogP contribution in [0.3, 0.4) is 0 Å². The third-order valence-electron chi connectivity index (χ3n) is 3.85. The van der Waals surface area contributed by atoms with Crippen molar-refractivity contribution in [1.82, 2.24) is 20.0 Å². The number of imidazole rings is 1. The number of nitrogens with one attached hydrogen (secondary N) is 2. The Bertz CT molecular complexity index is 785. The predicted molar refractivity (Wildman–Crippen MR) is 78.3 cm³/mol. The number of nitrogens with zero attached hydrogens (tertiary/aromatic N) is 2. The first-order chi connectivity index (χ1) is 11.4. The van der Waals surface area contributed by atoms with E-state index in [-0.39, 0.29) is 11.6 Å². The first-order valence-corrected chi connectivity index (χ1v) is 7.51. The van der Waals surface area contributed by atoms with Crippen molar-refractivity contribution in [3.8, 4) is 0 Å². The van der Waals surface area contributed by atoms with Gasteiger partial charge in [-0.3, -0.25) is 14.0 Å². The predicted octanol–water partition coefficient (Wildman–Crippen LogP) is 1.75. The van der Waals surface area contributed by atoms with Crippen molar-refractivity contribution in [3.63, 3.8) is 0 Å². The fraction of sp³-hybridized carbons (Fsp3) is 0.400. The number of pyridine rings is 1. The number of aromatic nitrogens is 2. The molecular formula is C15H15F3N4O2. The molecule has 0 radical (unpaired) electrons. The van der Waals surface area contributed by atoms with E-state index in [2.05, 4.69) is 15.6 Å². The van der Waals surface area contributed by atoms with Gasteiger partial charge in [0.15, 0.2) is 5.69 Å². The van der Waals surface area contributed by atoms with Crippen molar-refractivity contribution in [2.45, 2.75) is 31.5 Å². The lowest BCUT2D eigenvalue weighted by Crippen LogP contribution is -2.46. The van der Waals surface area contributed by atoms with Crippen LogP contribution in [0.15, 0.2) is 24.4 Å². The van der Waals surface area contributed by atoms with E-state index in [0.717, 1.165) is 10.8 Å². The number of carbonyl (C=O) groups is 2. The molecule has 6 nitrogen and oxygen atoms in total. The lowest BCUT2D eigenvalue weighted by Gasteiger charge is -2.16. The van der Waals surface area contributed by atoms with E-state index in [1.165, 1.54) is 24.4 Å². The Morgan fingerprint density at radius 2 is 2.12 bits per heavy atom. The highest BCUT2D eigenvalue weighted by Crippen LogP contribution is 2.32. The van der Waals surface area contributed by atoms with Gasteiger partial charge in [-0.15, -0.1) is 0 Å². The maximum absolute atomic E-state index is 13.2. The maximum Gasteiger partial charge on any atom is 0.435 e. The Morgan fingerprint density at radius 1 is 1.33 bits per heavy atom. The number of hydrogen-bond donors (Lipinski definition) is 2. The Labute approximate surface area is 135 Å². The number of carbonyl (C=O) groups excluding carboxylic acids is 2. The first-order valence-electron chi connectivity index (χ1n) is 7.51. The van der Waals surface area contributed by atoms with Crippen molar-refractivity contribution >= 4 is 17.5 Å². The van der Waals surface area contributed by atoms with Crippen LogP contribution in [0, 0.1) is 0 Å².